The molecule has 11 heteroatoms. The molecule has 3 aromatic rings. The Bertz CT molecular complexity index is 1010. The van der Waals surface area contributed by atoms with Crippen LogP contribution in [0.5, 0.6) is 5.88 Å². The normalized spacial score (nSPS) is 11.8. The van der Waals surface area contributed by atoms with Crippen molar-refractivity contribution in [1.82, 2.24) is 25.1 Å². The molecule has 1 N–H and O–H groups in total. The molecule has 0 aliphatic rings. The lowest BCUT2D eigenvalue weighted by Gasteiger charge is -2.15. The monoisotopic (exact) mass is 425 g/mol. The van der Waals surface area contributed by atoms with E-state index in [1.807, 2.05) is 6.92 Å². The van der Waals surface area contributed by atoms with Crippen LogP contribution in [0.15, 0.2) is 36.8 Å². The van der Waals surface area contributed by atoms with Gasteiger partial charge in [-0.2, -0.15) is 13.9 Å². The molecule has 0 unspecified atom stereocenters. The number of halogens is 4. The highest BCUT2D eigenvalue weighted by atomic mass is 19.3. The van der Waals surface area contributed by atoms with Gasteiger partial charge in [-0.1, -0.05) is 6.07 Å². The Kier molecular flexibility index (Phi) is 6.48. The average Bonchev–Trinajstić information content (AvgIpc) is 3.11. The molecule has 0 radical (unpaired) electrons. The van der Waals surface area contributed by atoms with Crippen molar-refractivity contribution in [3.05, 3.63) is 48.0 Å². The van der Waals surface area contributed by atoms with Gasteiger partial charge in [0.1, 0.15) is 0 Å². The number of fused-ring (bicyclic) bond motifs is 1. The predicted octanol–water partition coefficient (Wildman–Crippen LogP) is 2.83. The van der Waals surface area contributed by atoms with Gasteiger partial charge in [0, 0.05) is 36.6 Å². The fourth-order valence-corrected chi connectivity index (χ4v) is 2.69. The van der Waals surface area contributed by atoms with Crippen LogP contribution >= 0.6 is 0 Å². The van der Waals surface area contributed by atoms with Crippen LogP contribution in [0.4, 0.5) is 17.6 Å². The molecule has 0 atom stereocenters. The smallest absolute Gasteiger partial charge is 0.340 e. The topological polar surface area (TPSA) is 81.9 Å². The summed E-state index contributed by atoms with van der Waals surface area (Å²) in [6.45, 7) is 1.22. The fourth-order valence-electron chi connectivity index (χ4n) is 2.69. The Labute approximate surface area is 169 Å². The van der Waals surface area contributed by atoms with Gasteiger partial charge in [-0.3, -0.25) is 14.5 Å². The summed E-state index contributed by atoms with van der Waals surface area (Å²) in [7, 11) is 0. The molecule has 3 aromatic heterocycles. The van der Waals surface area contributed by atoms with E-state index in [0.717, 1.165) is 5.39 Å². The molecule has 0 spiro atoms. The number of aromatic nitrogens is 4. The van der Waals surface area contributed by atoms with Gasteiger partial charge in [-0.25, -0.2) is 13.8 Å². The molecule has 0 fully saturated rings. The summed E-state index contributed by atoms with van der Waals surface area (Å²) < 4.78 is 56.4. The maximum atomic E-state index is 12.9. The quantitative estimate of drug-likeness (QED) is 0.533. The molecule has 0 aliphatic carbocycles. The molecule has 1 amide bonds. The Balaban J connectivity index is 1.68. The van der Waals surface area contributed by atoms with Gasteiger partial charge >= 0.3 is 12.3 Å². The summed E-state index contributed by atoms with van der Waals surface area (Å²) in [5.74, 6) is -4.56. The average molecular weight is 425 g/mol. The molecule has 0 aliphatic heterocycles. The lowest BCUT2D eigenvalue weighted by Crippen LogP contribution is -2.33. The van der Waals surface area contributed by atoms with Crippen molar-refractivity contribution in [2.75, 3.05) is 13.2 Å². The Morgan fingerprint density at radius 2 is 2.07 bits per heavy atom. The van der Waals surface area contributed by atoms with E-state index in [1.165, 1.54) is 12.3 Å². The maximum Gasteiger partial charge on any atom is 0.340 e. The van der Waals surface area contributed by atoms with Gasteiger partial charge in [0.15, 0.2) is 6.61 Å². The van der Waals surface area contributed by atoms with Crippen LogP contribution in [0.3, 0.4) is 0 Å². The zero-order valence-electron chi connectivity index (χ0n) is 16.0. The molecule has 0 saturated heterocycles. The van der Waals surface area contributed by atoms with Gasteiger partial charge in [-0.05, 0) is 18.6 Å². The van der Waals surface area contributed by atoms with Crippen LogP contribution < -0.4 is 10.1 Å². The molecule has 3 rings (SSSR count). The predicted molar refractivity (Wildman–Crippen MR) is 99.7 cm³/mol. The Morgan fingerprint density at radius 3 is 2.73 bits per heavy atom. The van der Waals surface area contributed by atoms with E-state index in [2.05, 4.69) is 25.1 Å². The van der Waals surface area contributed by atoms with Crippen LogP contribution in [-0.4, -0.2) is 51.2 Å². The van der Waals surface area contributed by atoms with Crippen molar-refractivity contribution in [1.29, 1.82) is 0 Å². The van der Waals surface area contributed by atoms with Crippen molar-refractivity contribution in [2.45, 2.75) is 32.2 Å². The van der Waals surface area contributed by atoms with Gasteiger partial charge < -0.3 is 10.1 Å². The number of carbonyl (C=O) groups excluding carboxylic acids is 1. The molecular formula is C19H19F4N5O2. The van der Waals surface area contributed by atoms with E-state index >= 15 is 0 Å². The summed E-state index contributed by atoms with van der Waals surface area (Å²) in [6.07, 6.45) is 1.05. The van der Waals surface area contributed by atoms with Gasteiger partial charge in [0.05, 0.1) is 24.2 Å². The third-order valence-corrected chi connectivity index (χ3v) is 4.14. The molecular weight excluding hydrogens is 406 g/mol. The number of nitrogens with zero attached hydrogens (tertiary/aromatic N) is 4. The number of ether oxygens (including phenoxy) is 1. The van der Waals surface area contributed by atoms with Crippen molar-refractivity contribution >= 4 is 16.8 Å². The van der Waals surface area contributed by atoms with Crippen LogP contribution in [0.2, 0.25) is 0 Å². The molecule has 30 heavy (non-hydrogen) atoms. The van der Waals surface area contributed by atoms with Crippen LogP contribution in [0, 0.1) is 0 Å². The number of nitrogens with one attached hydrogen (secondary N) is 1. The SMILES string of the molecule is CCNC(=O)Cc1nccc2nn(Cc3ccc(OCC(F)(F)C(F)F)nc3)cc12. The Morgan fingerprint density at radius 1 is 1.27 bits per heavy atom. The Hall–Kier alpha value is -3.24. The zero-order chi connectivity index (χ0) is 21.7. The van der Waals surface area contributed by atoms with E-state index in [1.54, 1.807) is 29.2 Å². The first-order valence-electron chi connectivity index (χ1n) is 9.10. The molecule has 0 bridgehead atoms. The van der Waals surface area contributed by atoms with E-state index < -0.39 is 19.0 Å². The first-order chi connectivity index (χ1) is 14.3. The minimum absolute atomic E-state index is 0.133. The van der Waals surface area contributed by atoms with Crippen molar-refractivity contribution in [3.63, 3.8) is 0 Å². The van der Waals surface area contributed by atoms with Crippen molar-refractivity contribution < 1.29 is 27.1 Å². The first kappa shape index (κ1) is 21.5. The lowest BCUT2D eigenvalue weighted by molar-refractivity contribution is -0.148. The van der Waals surface area contributed by atoms with Gasteiger partial charge in [0.25, 0.3) is 0 Å². The second-order valence-electron chi connectivity index (χ2n) is 6.50. The summed E-state index contributed by atoms with van der Waals surface area (Å²) in [6, 6.07) is 4.62. The van der Waals surface area contributed by atoms with Crippen molar-refractivity contribution in [2.24, 2.45) is 0 Å². The minimum Gasteiger partial charge on any atom is -0.471 e. The summed E-state index contributed by atoms with van der Waals surface area (Å²) in [5.41, 5.74) is 1.96. The highest BCUT2D eigenvalue weighted by Crippen LogP contribution is 2.24. The third kappa shape index (κ3) is 5.22. The maximum absolute atomic E-state index is 12.9. The van der Waals surface area contributed by atoms with E-state index in [4.69, 9.17) is 0 Å². The number of likely N-dealkylation sites (N-methyl/N-ethyl adjacent to an activating group) is 1. The first-order valence-corrected chi connectivity index (χ1v) is 9.10. The standard InChI is InChI=1S/C19H19F4N5O2/c1-2-24-16(29)7-15-13-10-28(27-14(13)5-6-25-15)9-12-3-4-17(26-8-12)30-11-19(22,23)18(20)21/h3-6,8,10,18H,2,7,9,11H2,1H3,(H,24,29). The number of hydrogen-bond acceptors (Lipinski definition) is 5. The van der Waals surface area contributed by atoms with Crippen LogP contribution in [0.1, 0.15) is 18.2 Å². The number of alkyl halides is 4. The zero-order valence-corrected chi connectivity index (χ0v) is 16.0. The number of pyridine rings is 2. The van der Waals surface area contributed by atoms with E-state index in [9.17, 15) is 22.4 Å². The second kappa shape index (κ2) is 9.06. The minimum atomic E-state index is -4.24. The number of hydrogen-bond donors (Lipinski definition) is 1. The lowest BCUT2D eigenvalue weighted by atomic mass is 10.2. The number of carbonyl (C=O) groups is 1. The summed E-state index contributed by atoms with van der Waals surface area (Å²) >= 11 is 0. The summed E-state index contributed by atoms with van der Waals surface area (Å²) in [4.78, 5) is 20.0. The van der Waals surface area contributed by atoms with Crippen LogP contribution in [0.25, 0.3) is 10.9 Å². The molecule has 7 nitrogen and oxygen atoms in total. The molecule has 160 valence electrons. The largest absolute Gasteiger partial charge is 0.471 e. The van der Waals surface area contributed by atoms with Crippen LogP contribution in [-0.2, 0) is 17.8 Å². The molecule has 0 saturated carbocycles. The third-order valence-electron chi connectivity index (χ3n) is 4.14. The molecule has 3 heterocycles. The van der Waals surface area contributed by atoms with Crippen molar-refractivity contribution in [3.8, 4) is 5.88 Å². The second-order valence-corrected chi connectivity index (χ2v) is 6.50. The highest BCUT2D eigenvalue weighted by molar-refractivity contribution is 5.86. The van der Waals surface area contributed by atoms with Gasteiger partial charge in [-0.15, -0.1) is 0 Å². The van der Waals surface area contributed by atoms with E-state index in [0.29, 0.717) is 29.9 Å². The number of amides is 1. The molecule has 0 aromatic carbocycles. The summed E-state index contributed by atoms with van der Waals surface area (Å²) in [5, 5.41) is 7.90. The van der Waals surface area contributed by atoms with E-state index in [-0.39, 0.29) is 18.2 Å². The number of rotatable bonds is 9. The highest BCUT2D eigenvalue weighted by Gasteiger charge is 2.41. The van der Waals surface area contributed by atoms with Gasteiger partial charge in [0.2, 0.25) is 11.8 Å². The fraction of sp³-hybridized carbons (Fsp3) is 0.368.